The number of hydrogen-bond donors (Lipinski definition) is 1. The number of likely N-dealkylation sites (N-methyl/N-ethyl adjacent to an activating group) is 1. The molecule has 1 aliphatic carbocycles. The molecule has 1 atom stereocenters. The monoisotopic (exact) mass is 213 g/mol. The van der Waals surface area contributed by atoms with Crippen molar-refractivity contribution in [3.8, 4) is 0 Å². The van der Waals surface area contributed by atoms with E-state index in [1.807, 2.05) is 0 Å². The first-order valence-electron chi connectivity index (χ1n) is 6.68. The molecule has 0 bridgehead atoms. The zero-order valence-electron chi connectivity index (χ0n) is 10.4. The van der Waals surface area contributed by atoms with Gasteiger partial charge in [-0.3, -0.25) is 0 Å². The highest BCUT2D eigenvalue weighted by Crippen LogP contribution is 2.28. The van der Waals surface area contributed by atoms with Crippen LogP contribution in [0.25, 0.3) is 0 Å². The van der Waals surface area contributed by atoms with Gasteiger partial charge in [-0.05, 0) is 25.3 Å². The Kier molecular flexibility index (Phi) is 7.03. The van der Waals surface area contributed by atoms with E-state index in [0.29, 0.717) is 6.04 Å². The molecule has 1 saturated carbocycles. The summed E-state index contributed by atoms with van der Waals surface area (Å²) in [5, 5.41) is 3.54. The Balaban J connectivity index is 2.16. The number of ether oxygens (including phenoxy) is 1. The molecule has 15 heavy (non-hydrogen) atoms. The van der Waals surface area contributed by atoms with E-state index >= 15 is 0 Å². The summed E-state index contributed by atoms with van der Waals surface area (Å²) < 4.78 is 5.65. The van der Waals surface area contributed by atoms with Crippen LogP contribution < -0.4 is 5.32 Å². The third-order valence-corrected chi connectivity index (χ3v) is 3.25. The van der Waals surface area contributed by atoms with Crippen molar-refractivity contribution in [1.82, 2.24) is 5.32 Å². The molecule has 0 amide bonds. The van der Waals surface area contributed by atoms with Gasteiger partial charge >= 0.3 is 0 Å². The van der Waals surface area contributed by atoms with Crippen LogP contribution in [0.4, 0.5) is 0 Å². The molecule has 2 nitrogen and oxygen atoms in total. The van der Waals surface area contributed by atoms with E-state index < -0.39 is 0 Å². The average molecular weight is 213 g/mol. The van der Waals surface area contributed by atoms with Gasteiger partial charge in [-0.2, -0.15) is 0 Å². The molecular weight excluding hydrogens is 186 g/mol. The maximum absolute atomic E-state index is 5.65. The Morgan fingerprint density at radius 2 is 2.00 bits per heavy atom. The SMILES string of the molecule is CCCOCC(CC1CCCC1)NCC. The minimum Gasteiger partial charge on any atom is -0.380 e. The van der Waals surface area contributed by atoms with Crippen molar-refractivity contribution in [2.75, 3.05) is 19.8 Å². The fourth-order valence-corrected chi connectivity index (χ4v) is 2.52. The molecule has 0 aromatic rings. The van der Waals surface area contributed by atoms with Crippen molar-refractivity contribution in [3.63, 3.8) is 0 Å². The lowest BCUT2D eigenvalue weighted by Gasteiger charge is -2.21. The summed E-state index contributed by atoms with van der Waals surface area (Å²) in [6.07, 6.45) is 8.21. The van der Waals surface area contributed by atoms with Crippen molar-refractivity contribution >= 4 is 0 Å². The molecule has 1 N–H and O–H groups in total. The van der Waals surface area contributed by atoms with E-state index in [-0.39, 0.29) is 0 Å². The van der Waals surface area contributed by atoms with Gasteiger partial charge in [0.1, 0.15) is 0 Å². The summed E-state index contributed by atoms with van der Waals surface area (Å²) in [6.45, 7) is 7.22. The van der Waals surface area contributed by atoms with Crippen molar-refractivity contribution < 1.29 is 4.74 Å². The number of hydrogen-bond acceptors (Lipinski definition) is 2. The summed E-state index contributed by atoms with van der Waals surface area (Å²) in [7, 11) is 0. The molecule has 1 aliphatic rings. The first-order chi connectivity index (χ1) is 7.36. The summed E-state index contributed by atoms with van der Waals surface area (Å²) >= 11 is 0. The third-order valence-electron chi connectivity index (χ3n) is 3.25. The van der Waals surface area contributed by atoms with Gasteiger partial charge in [-0.25, -0.2) is 0 Å². The Morgan fingerprint density at radius 1 is 1.27 bits per heavy atom. The second-order valence-corrected chi connectivity index (χ2v) is 4.72. The van der Waals surface area contributed by atoms with Crippen LogP contribution in [0, 0.1) is 5.92 Å². The predicted octanol–water partition coefficient (Wildman–Crippen LogP) is 2.97. The fourth-order valence-electron chi connectivity index (χ4n) is 2.52. The van der Waals surface area contributed by atoms with Crippen LogP contribution in [0.1, 0.15) is 52.4 Å². The molecule has 90 valence electrons. The van der Waals surface area contributed by atoms with Crippen LogP contribution in [0.3, 0.4) is 0 Å². The van der Waals surface area contributed by atoms with Crippen LogP contribution in [0.5, 0.6) is 0 Å². The van der Waals surface area contributed by atoms with Crippen LogP contribution in [-0.2, 0) is 4.74 Å². The molecule has 0 aromatic carbocycles. The van der Waals surface area contributed by atoms with E-state index in [4.69, 9.17) is 4.74 Å². The number of rotatable bonds is 8. The van der Waals surface area contributed by atoms with Gasteiger partial charge in [0.15, 0.2) is 0 Å². The lowest BCUT2D eigenvalue weighted by molar-refractivity contribution is 0.104. The molecule has 1 unspecified atom stereocenters. The Morgan fingerprint density at radius 3 is 2.60 bits per heavy atom. The van der Waals surface area contributed by atoms with Gasteiger partial charge in [0.25, 0.3) is 0 Å². The number of nitrogens with one attached hydrogen (secondary N) is 1. The maximum atomic E-state index is 5.65. The summed E-state index contributed by atoms with van der Waals surface area (Å²) in [5.41, 5.74) is 0. The molecule has 0 saturated heterocycles. The molecule has 1 fully saturated rings. The van der Waals surface area contributed by atoms with Crippen molar-refractivity contribution in [2.24, 2.45) is 5.92 Å². The quantitative estimate of drug-likeness (QED) is 0.626. The smallest absolute Gasteiger partial charge is 0.0619 e. The summed E-state index contributed by atoms with van der Waals surface area (Å²) in [5.74, 6) is 0.958. The molecule has 2 heteroatoms. The molecule has 1 rings (SSSR count). The lowest BCUT2D eigenvalue weighted by Crippen LogP contribution is -2.35. The summed E-state index contributed by atoms with van der Waals surface area (Å²) in [6, 6.07) is 0.588. The van der Waals surface area contributed by atoms with Crippen molar-refractivity contribution in [1.29, 1.82) is 0 Å². The topological polar surface area (TPSA) is 21.3 Å². The fraction of sp³-hybridized carbons (Fsp3) is 1.00. The highest BCUT2D eigenvalue weighted by atomic mass is 16.5. The van der Waals surface area contributed by atoms with Gasteiger partial charge in [0.2, 0.25) is 0 Å². The van der Waals surface area contributed by atoms with E-state index in [2.05, 4.69) is 19.2 Å². The highest BCUT2D eigenvalue weighted by molar-refractivity contribution is 4.75. The zero-order valence-corrected chi connectivity index (χ0v) is 10.4. The first-order valence-corrected chi connectivity index (χ1v) is 6.68. The van der Waals surface area contributed by atoms with Crippen LogP contribution in [0.2, 0.25) is 0 Å². The van der Waals surface area contributed by atoms with E-state index in [1.54, 1.807) is 0 Å². The Bertz CT molecular complexity index is 143. The zero-order chi connectivity index (χ0) is 10.9. The van der Waals surface area contributed by atoms with Gasteiger partial charge < -0.3 is 10.1 Å². The van der Waals surface area contributed by atoms with Crippen LogP contribution in [0.15, 0.2) is 0 Å². The van der Waals surface area contributed by atoms with E-state index in [1.165, 1.54) is 32.1 Å². The molecule has 0 heterocycles. The largest absolute Gasteiger partial charge is 0.380 e. The van der Waals surface area contributed by atoms with E-state index in [0.717, 1.165) is 32.1 Å². The average Bonchev–Trinajstić information content (AvgIpc) is 2.71. The second kappa shape index (κ2) is 8.12. The van der Waals surface area contributed by atoms with Gasteiger partial charge in [-0.15, -0.1) is 0 Å². The molecule has 0 aliphatic heterocycles. The van der Waals surface area contributed by atoms with E-state index in [9.17, 15) is 0 Å². The summed E-state index contributed by atoms with van der Waals surface area (Å²) in [4.78, 5) is 0. The standard InChI is InChI=1S/C13H27NO/c1-3-9-15-11-13(14-4-2)10-12-7-5-6-8-12/h12-14H,3-11H2,1-2H3. The molecule has 0 radical (unpaired) electrons. The minimum absolute atomic E-state index is 0.588. The normalized spacial score (nSPS) is 19.6. The van der Waals surface area contributed by atoms with Crippen molar-refractivity contribution in [2.45, 2.75) is 58.4 Å². The van der Waals surface area contributed by atoms with Crippen molar-refractivity contribution in [3.05, 3.63) is 0 Å². The molecule has 0 aromatic heterocycles. The third kappa shape index (κ3) is 5.53. The highest BCUT2D eigenvalue weighted by Gasteiger charge is 2.19. The van der Waals surface area contributed by atoms with Gasteiger partial charge in [-0.1, -0.05) is 39.5 Å². The molecular formula is C13H27NO. The minimum atomic E-state index is 0.588. The lowest BCUT2D eigenvalue weighted by atomic mass is 9.99. The predicted molar refractivity (Wildman–Crippen MR) is 65.1 cm³/mol. The Labute approximate surface area is 94.8 Å². The van der Waals surface area contributed by atoms with Crippen LogP contribution in [-0.4, -0.2) is 25.8 Å². The Hall–Kier alpha value is -0.0800. The van der Waals surface area contributed by atoms with Crippen LogP contribution >= 0.6 is 0 Å². The van der Waals surface area contributed by atoms with Gasteiger partial charge in [0.05, 0.1) is 6.61 Å². The second-order valence-electron chi connectivity index (χ2n) is 4.72. The van der Waals surface area contributed by atoms with Gasteiger partial charge in [0, 0.05) is 12.6 Å². The maximum Gasteiger partial charge on any atom is 0.0619 e. The molecule has 0 spiro atoms. The first kappa shape index (κ1) is 13.0.